The van der Waals surface area contributed by atoms with Crippen molar-refractivity contribution in [1.29, 1.82) is 0 Å². The number of aromatic nitrogens is 2. The maximum atomic E-state index is 10.2. The minimum Gasteiger partial charge on any atom is -0.481 e. The van der Waals surface area contributed by atoms with E-state index in [4.69, 9.17) is 5.11 Å². The zero-order valence-corrected chi connectivity index (χ0v) is 6.64. The normalized spacial score (nSPS) is 12.8. The zero-order valence-electron chi connectivity index (χ0n) is 6.64. The van der Waals surface area contributed by atoms with E-state index < -0.39 is 12.1 Å². The van der Waals surface area contributed by atoms with Gasteiger partial charge in [0.25, 0.3) is 0 Å². The molecule has 1 atom stereocenters. The Hall–Kier alpha value is -1.36. The molecule has 0 aliphatic carbocycles. The standard InChI is InChI=1S/C7H10N2O3/c1-9-4-8-3-5(9)6(10)2-7(11)12/h3-4,6,10H,2H2,1H3,(H,11,12)/t6-/m1/s1. The van der Waals surface area contributed by atoms with E-state index in [9.17, 15) is 9.90 Å². The van der Waals surface area contributed by atoms with E-state index in [0.717, 1.165) is 0 Å². The molecular weight excluding hydrogens is 160 g/mol. The molecule has 0 aromatic carbocycles. The van der Waals surface area contributed by atoms with Crippen molar-refractivity contribution in [2.45, 2.75) is 12.5 Å². The van der Waals surface area contributed by atoms with Crippen molar-refractivity contribution >= 4 is 5.97 Å². The average Bonchev–Trinajstić information content (AvgIpc) is 2.33. The van der Waals surface area contributed by atoms with Crippen LogP contribution in [0.1, 0.15) is 18.2 Å². The van der Waals surface area contributed by atoms with Gasteiger partial charge in [0, 0.05) is 7.05 Å². The van der Waals surface area contributed by atoms with E-state index >= 15 is 0 Å². The maximum Gasteiger partial charge on any atom is 0.306 e. The predicted octanol–water partition coefficient (Wildman–Crippen LogP) is -0.0718. The number of aryl methyl sites for hydroxylation is 1. The number of carboxylic acid groups (broad SMARTS) is 1. The Morgan fingerprint density at radius 2 is 2.50 bits per heavy atom. The van der Waals surface area contributed by atoms with Crippen molar-refractivity contribution in [3.05, 3.63) is 18.2 Å². The van der Waals surface area contributed by atoms with Crippen LogP contribution in [0.4, 0.5) is 0 Å². The number of carboxylic acids is 1. The fourth-order valence-corrected chi connectivity index (χ4v) is 0.959. The molecule has 5 nitrogen and oxygen atoms in total. The van der Waals surface area contributed by atoms with Gasteiger partial charge in [-0.05, 0) is 0 Å². The summed E-state index contributed by atoms with van der Waals surface area (Å²) in [4.78, 5) is 14.0. The first kappa shape index (κ1) is 8.73. The number of nitrogens with zero attached hydrogens (tertiary/aromatic N) is 2. The summed E-state index contributed by atoms with van der Waals surface area (Å²) in [7, 11) is 1.70. The smallest absolute Gasteiger partial charge is 0.306 e. The Balaban J connectivity index is 2.71. The number of rotatable bonds is 3. The van der Waals surface area contributed by atoms with Gasteiger partial charge in [-0.1, -0.05) is 0 Å². The minimum atomic E-state index is -1.02. The van der Waals surface area contributed by atoms with Gasteiger partial charge in [0.05, 0.1) is 24.6 Å². The minimum absolute atomic E-state index is 0.292. The summed E-state index contributed by atoms with van der Waals surface area (Å²) in [6, 6.07) is 0. The number of carbonyl (C=O) groups is 1. The second-order valence-electron chi connectivity index (χ2n) is 2.54. The maximum absolute atomic E-state index is 10.2. The van der Waals surface area contributed by atoms with E-state index in [-0.39, 0.29) is 6.42 Å². The summed E-state index contributed by atoms with van der Waals surface area (Å²) in [5.41, 5.74) is 0.511. The molecule has 0 aliphatic heterocycles. The monoisotopic (exact) mass is 170 g/mol. The largest absolute Gasteiger partial charge is 0.481 e. The molecule has 1 rings (SSSR count). The second-order valence-corrected chi connectivity index (χ2v) is 2.54. The van der Waals surface area contributed by atoms with Crippen LogP contribution in [0, 0.1) is 0 Å². The summed E-state index contributed by atoms with van der Waals surface area (Å²) in [5.74, 6) is -1.02. The molecular formula is C7H10N2O3. The number of aliphatic hydroxyl groups is 1. The Morgan fingerprint density at radius 1 is 1.83 bits per heavy atom. The van der Waals surface area contributed by atoms with E-state index in [1.807, 2.05) is 0 Å². The number of aliphatic hydroxyl groups excluding tert-OH is 1. The first-order valence-electron chi connectivity index (χ1n) is 3.47. The molecule has 0 amide bonds. The van der Waals surface area contributed by atoms with Gasteiger partial charge in [0.15, 0.2) is 0 Å². The SMILES string of the molecule is Cn1cncc1[C@H](O)CC(=O)O. The Labute approximate surface area is 69.3 Å². The van der Waals surface area contributed by atoms with Crippen LogP contribution < -0.4 is 0 Å². The van der Waals surface area contributed by atoms with E-state index in [1.165, 1.54) is 12.5 Å². The molecule has 0 spiro atoms. The van der Waals surface area contributed by atoms with Crippen molar-refractivity contribution in [3.8, 4) is 0 Å². The van der Waals surface area contributed by atoms with E-state index in [1.54, 1.807) is 11.6 Å². The molecule has 5 heteroatoms. The number of hydrogen-bond donors (Lipinski definition) is 2. The highest BCUT2D eigenvalue weighted by Crippen LogP contribution is 2.14. The average molecular weight is 170 g/mol. The van der Waals surface area contributed by atoms with E-state index in [2.05, 4.69) is 4.98 Å². The van der Waals surface area contributed by atoms with E-state index in [0.29, 0.717) is 5.69 Å². The number of aliphatic carboxylic acids is 1. The molecule has 0 saturated heterocycles. The molecule has 0 bridgehead atoms. The topological polar surface area (TPSA) is 75.3 Å². The lowest BCUT2D eigenvalue weighted by Crippen LogP contribution is -2.08. The molecule has 2 N–H and O–H groups in total. The summed E-state index contributed by atoms with van der Waals surface area (Å²) < 4.78 is 1.59. The lowest BCUT2D eigenvalue weighted by molar-refractivity contribution is -0.139. The first-order valence-corrected chi connectivity index (χ1v) is 3.47. The third-order valence-electron chi connectivity index (χ3n) is 1.56. The predicted molar refractivity (Wildman–Crippen MR) is 40.4 cm³/mol. The molecule has 12 heavy (non-hydrogen) atoms. The van der Waals surface area contributed by atoms with Gasteiger partial charge in [-0.3, -0.25) is 4.79 Å². The van der Waals surface area contributed by atoms with Crippen molar-refractivity contribution in [2.24, 2.45) is 7.05 Å². The summed E-state index contributed by atoms with van der Waals surface area (Å²) in [6.45, 7) is 0. The molecule has 0 aliphatic rings. The van der Waals surface area contributed by atoms with Crippen LogP contribution in [0.5, 0.6) is 0 Å². The van der Waals surface area contributed by atoms with Crippen LogP contribution in [0.25, 0.3) is 0 Å². The van der Waals surface area contributed by atoms with Gasteiger partial charge < -0.3 is 14.8 Å². The summed E-state index contributed by atoms with van der Waals surface area (Å²) in [6.07, 6.45) is 1.70. The lowest BCUT2D eigenvalue weighted by atomic mass is 10.2. The highest BCUT2D eigenvalue weighted by molar-refractivity contribution is 5.67. The lowest BCUT2D eigenvalue weighted by Gasteiger charge is -2.07. The fourth-order valence-electron chi connectivity index (χ4n) is 0.959. The van der Waals surface area contributed by atoms with Crippen molar-refractivity contribution in [3.63, 3.8) is 0 Å². The van der Waals surface area contributed by atoms with Crippen molar-refractivity contribution in [2.75, 3.05) is 0 Å². The zero-order chi connectivity index (χ0) is 9.14. The van der Waals surface area contributed by atoms with Gasteiger partial charge in [-0.15, -0.1) is 0 Å². The molecule has 0 fully saturated rings. The van der Waals surface area contributed by atoms with Crippen LogP contribution >= 0.6 is 0 Å². The van der Waals surface area contributed by atoms with Crippen LogP contribution in [-0.4, -0.2) is 25.7 Å². The number of hydrogen-bond acceptors (Lipinski definition) is 3. The third kappa shape index (κ3) is 1.82. The van der Waals surface area contributed by atoms with Gasteiger partial charge in [0.1, 0.15) is 6.10 Å². The Morgan fingerprint density at radius 3 is 2.92 bits per heavy atom. The van der Waals surface area contributed by atoms with Crippen molar-refractivity contribution < 1.29 is 15.0 Å². The van der Waals surface area contributed by atoms with Crippen LogP contribution in [0.15, 0.2) is 12.5 Å². The first-order chi connectivity index (χ1) is 5.61. The summed E-state index contributed by atoms with van der Waals surface area (Å²) in [5, 5.41) is 17.7. The highest BCUT2D eigenvalue weighted by atomic mass is 16.4. The second kappa shape index (κ2) is 3.36. The highest BCUT2D eigenvalue weighted by Gasteiger charge is 2.14. The molecule has 0 unspecified atom stereocenters. The molecule has 0 radical (unpaired) electrons. The third-order valence-corrected chi connectivity index (χ3v) is 1.56. The number of imidazole rings is 1. The van der Waals surface area contributed by atoms with Gasteiger partial charge >= 0.3 is 5.97 Å². The molecule has 1 heterocycles. The molecule has 1 aromatic heterocycles. The molecule has 1 aromatic rings. The molecule has 0 saturated carbocycles. The van der Waals surface area contributed by atoms with Crippen LogP contribution in [0.3, 0.4) is 0 Å². The molecule has 66 valence electrons. The van der Waals surface area contributed by atoms with Gasteiger partial charge in [-0.25, -0.2) is 4.98 Å². The summed E-state index contributed by atoms with van der Waals surface area (Å²) >= 11 is 0. The van der Waals surface area contributed by atoms with Crippen molar-refractivity contribution in [1.82, 2.24) is 9.55 Å². The van der Waals surface area contributed by atoms with Gasteiger partial charge in [0.2, 0.25) is 0 Å². The van der Waals surface area contributed by atoms with Gasteiger partial charge in [-0.2, -0.15) is 0 Å². The quantitative estimate of drug-likeness (QED) is 0.665. The van der Waals surface area contributed by atoms with Crippen LogP contribution in [0.2, 0.25) is 0 Å². The van der Waals surface area contributed by atoms with Crippen LogP contribution in [-0.2, 0) is 11.8 Å². The Bertz CT molecular complexity index is 282. The Kier molecular flexibility index (Phi) is 2.44. The fraction of sp³-hybridized carbons (Fsp3) is 0.429.